The maximum Gasteiger partial charge on any atom is 0.420 e. The summed E-state index contributed by atoms with van der Waals surface area (Å²) in [5.41, 5.74) is 1.04. The number of carbonyl (C=O) groups is 1. The third-order valence-electron chi connectivity index (χ3n) is 4.39. The molecule has 0 fully saturated rings. The van der Waals surface area contributed by atoms with Gasteiger partial charge in [0, 0.05) is 25.4 Å². The number of para-hydroxylation sites is 2. The Morgan fingerprint density at radius 3 is 2.68 bits per heavy atom. The van der Waals surface area contributed by atoms with E-state index < -0.39 is 5.76 Å². The van der Waals surface area contributed by atoms with Crippen LogP contribution in [-0.4, -0.2) is 38.5 Å². The molecule has 0 saturated carbocycles. The van der Waals surface area contributed by atoms with Crippen LogP contribution in [0.4, 0.5) is 17.5 Å². The topological polar surface area (TPSA) is 127 Å². The van der Waals surface area contributed by atoms with Gasteiger partial charge < -0.3 is 20.4 Å². The molecule has 31 heavy (non-hydrogen) atoms. The van der Waals surface area contributed by atoms with E-state index in [1.807, 2.05) is 18.2 Å². The molecule has 0 aliphatic carbocycles. The highest BCUT2D eigenvalue weighted by Crippen LogP contribution is 2.15. The smallest absolute Gasteiger partial charge is 0.408 e. The second kappa shape index (κ2) is 9.08. The van der Waals surface area contributed by atoms with Gasteiger partial charge in [-0.25, -0.2) is 19.7 Å². The predicted octanol–water partition coefficient (Wildman–Crippen LogP) is 2.06. The van der Waals surface area contributed by atoms with Crippen molar-refractivity contribution in [2.75, 3.05) is 23.7 Å². The molecule has 0 saturated heterocycles. The number of carbonyl (C=O) groups excluding carboxylic acids is 1. The summed E-state index contributed by atoms with van der Waals surface area (Å²) in [6.45, 7) is 2.49. The number of hydrogen-bond donors (Lipinski definition) is 3. The highest BCUT2D eigenvalue weighted by molar-refractivity contribution is 5.79. The van der Waals surface area contributed by atoms with Crippen molar-refractivity contribution in [3.05, 3.63) is 71.1 Å². The van der Waals surface area contributed by atoms with Gasteiger partial charge in [-0.05, 0) is 31.2 Å². The average molecular weight is 419 g/mol. The van der Waals surface area contributed by atoms with E-state index in [0.717, 1.165) is 0 Å². The first kappa shape index (κ1) is 20.1. The molecule has 4 rings (SSSR count). The first-order chi connectivity index (χ1) is 15.1. The SMILES string of the molecule is Cc1nc(NCCNC(=O)Cn2c(=O)oc3ccccc32)cc(Nc2ccccn2)n1. The molecule has 0 spiro atoms. The number of aromatic nitrogens is 4. The van der Waals surface area contributed by atoms with Crippen molar-refractivity contribution in [1.82, 2.24) is 24.8 Å². The highest BCUT2D eigenvalue weighted by Gasteiger charge is 2.12. The van der Waals surface area contributed by atoms with Gasteiger partial charge in [-0.15, -0.1) is 0 Å². The van der Waals surface area contributed by atoms with Crippen molar-refractivity contribution in [3.8, 4) is 0 Å². The maximum absolute atomic E-state index is 12.2. The summed E-state index contributed by atoms with van der Waals surface area (Å²) in [6, 6.07) is 14.3. The van der Waals surface area contributed by atoms with E-state index in [1.54, 1.807) is 43.5 Å². The lowest BCUT2D eigenvalue weighted by Gasteiger charge is -2.10. The molecule has 4 aromatic rings. The highest BCUT2D eigenvalue weighted by atomic mass is 16.4. The number of aryl methyl sites for hydroxylation is 1. The summed E-state index contributed by atoms with van der Waals surface area (Å²) in [5.74, 6) is 1.67. The fraction of sp³-hybridized carbons (Fsp3) is 0.190. The van der Waals surface area contributed by atoms with Crippen LogP contribution in [0.15, 0.2) is 63.9 Å². The zero-order valence-electron chi connectivity index (χ0n) is 16.8. The Kier molecular flexibility index (Phi) is 5.88. The lowest BCUT2D eigenvalue weighted by molar-refractivity contribution is -0.121. The lowest BCUT2D eigenvalue weighted by Crippen LogP contribution is -2.33. The number of nitrogens with one attached hydrogen (secondary N) is 3. The van der Waals surface area contributed by atoms with Crippen LogP contribution in [0.2, 0.25) is 0 Å². The van der Waals surface area contributed by atoms with Gasteiger partial charge >= 0.3 is 5.76 Å². The zero-order valence-corrected chi connectivity index (χ0v) is 16.8. The molecule has 0 aliphatic rings. The van der Waals surface area contributed by atoms with Gasteiger partial charge in [0.1, 0.15) is 29.8 Å². The Labute approximate surface area is 177 Å². The lowest BCUT2D eigenvalue weighted by atomic mass is 10.3. The molecule has 3 aromatic heterocycles. The van der Waals surface area contributed by atoms with Crippen LogP contribution >= 0.6 is 0 Å². The van der Waals surface area contributed by atoms with Crippen LogP contribution in [0.5, 0.6) is 0 Å². The Bertz CT molecular complexity index is 1250. The summed E-state index contributed by atoms with van der Waals surface area (Å²) in [7, 11) is 0. The fourth-order valence-electron chi connectivity index (χ4n) is 3.05. The van der Waals surface area contributed by atoms with Gasteiger partial charge in [0.15, 0.2) is 5.58 Å². The third kappa shape index (κ3) is 5.04. The van der Waals surface area contributed by atoms with E-state index in [0.29, 0.717) is 47.5 Å². The Balaban J connectivity index is 1.30. The minimum Gasteiger partial charge on any atom is -0.408 e. The molecule has 3 heterocycles. The maximum atomic E-state index is 12.2. The molecule has 0 aliphatic heterocycles. The molecule has 0 atom stereocenters. The average Bonchev–Trinajstić information content (AvgIpc) is 3.07. The number of hydrogen-bond acceptors (Lipinski definition) is 8. The number of nitrogens with zero attached hydrogens (tertiary/aromatic N) is 4. The van der Waals surface area contributed by atoms with Gasteiger partial charge in [0.2, 0.25) is 5.91 Å². The fourth-order valence-corrected chi connectivity index (χ4v) is 3.05. The summed E-state index contributed by atoms with van der Waals surface area (Å²) >= 11 is 0. The molecule has 1 aromatic carbocycles. The largest absolute Gasteiger partial charge is 0.420 e. The molecule has 0 bridgehead atoms. The number of rotatable bonds is 8. The third-order valence-corrected chi connectivity index (χ3v) is 4.39. The molecule has 0 radical (unpaired) electrons. The number of pyridine rings is 1. The second-order valence-electron chi connectivity index (χ2n) is 6.72. The van der Waals surface area contributed by atoms with E-state index in [9.17, 15) is 9.59 Å². The number of fused-ring (bicyclic) bond motifs is 1. The van der Waals surface area contributed by atoms with E-state index in [4.69, 9.17) is 4.42 Å². The van der Waals surface area contributed by atoms with Crippen molar-refractivity contribution in [3.63, 3.8) is 0 Å². The molecule has 3 N–H and O–H groups in total. The summed E-state index contributed by atoms with van der Waals surface area (Å²) in [5, 5.41) is 9.06. The minimum absolute atomic E-state index is 0.111. The summed E-state index contributed by atoms with van der Waals surface area (Å²) in [4.78, 5) is 37.1. The molecular weight excluding hydrogens is 398 g/mol. The van der Waals surface area contributed by atoms with Crippen molar-refractivity contribution in [2.45, 2.75) is 13.5 Å². The molecule has 158 valence electrons. The monoisotopic (exact) mass is 419 g/mol. The predicted molar refractivity (Wildman–Crippen MR) is 116 cm³/mol. The summed E-state index contributed by atoms with van der Waals surface area (Å²) < 4.78 is 6.45. The van der Waals surface area contributed by atoms with E-state index in [-0.39, 0.29) is 12.5 Å². The molecule has 10 heteroatoms. The molecule has 0 unspecified atom stereocenters. The Morgan fingerprint density at radius 1 is 1.03 bits per heavy atom. The van der Waals surface area contributed by atoms with Crippen LogP contribution < -0.4 is 21.7 Å². The van der Waals surface area contributed by atoms with E-state index >= 15 is 0 Å². The van der Waals surface area contributed by atoms with E-state index in [2.05, 4.69) is 30.9 Å². The second-order valence-corrected chi connectivity index (χ2v) is 6.72. The van der Waals surface area contributed by atoms with Crippen LogP contribution in [0.25, 0.3) is 11.1 Å². The summed E-state index contributed by atoms with van der Waals surface area (Å²) in [6.07, 6.45) is 1.69. The minimum atomic E-state index is -0.557. The normalized spacial score (nSPS) is 10.7. The van der Waals surface area contributed by atoms with Crippen molar-refractivity contribution in [1.29, 1.82) is 0 Å². The van der Waals surface area contributed by atoms with Gasteiger partial charge in [0.05, 0.1) is 5.52 Å². The van der Waals surface area contributed by atoms with E-state index in [1.165, 1.54) is 4.57 Å². The van der Waals surface area contributed by atoms with Crippen molar-refractivity contribution in [2.24, 2.45) is 0 Å². The first-order valence-corrected chi connectivity index (χ1v) is 9.71. The van der Waals surface area contributed by atoms with Gasteiger partial charge in [-0.3, -0.25) is 9.36 Å². The molecule has 1 amide bonds. The van der Waals surface area contributed by atoms with Gasteiger partial charge in [-0.1, -0.05) is 18.2 Å². The van der Waals surface area contributed by atoms with Crippen molar-refractivity contribution >= 4 is 34.5 Å². The number of oxazole rings is 1. The Hall–Kier alpha value is -4.21. The number of benzene rings is 1. The van der Waals surface area contributed by atoms with Crippen LogP contribution in [-0.2, 0) is 11.3 Å². The van der Waals surface area contributed by atoms with Gasteiger partial charge in [-0.2, -0.15) is 0 Å². The molecular formula is C21H21N7O3. The van der Waals surface area contributed by atoms with Crippen LogP contribution in [0.3, 0.4) is 0 Å². The van der Waals surface area contributed by atoms with Gasteiger partial charge in [0.25, 0.3) is 0 Å². The molecule has 10 nitrogen and oxygen atoms in total. The standard InChI is InChI=1S/C21H21N7O3/c1-14-25-18(12-19(26-14)27-17-8-4-5-9-22-17)23-10-11-24-20(29)13-28-15-6-2-3-7-16(15)31-21(28)30/h2-9,12H,10-11,13H2,1H3,(H,24,29)(H2,22,23,25,26,27). The Morgan fingerprint density at radius 2 is 1.84 bits per heavy atom. The zero-order chi connectivity index (χ0) is 21.6. The number of anilines is 3. The van der Waals surface area contributed by atoms with Crippen molar-refractivity contribution < 1.29 is 9.21 Å². The quantitative estimate of drug-likeness (QED) is 0.371. The number of amides is 1. The first-order valence-electron chi connectivity index (χ1n) is 9.71. The van der Waals surface area contributed by atoms with Crippen LogP contribution in [0, 0.1) is 6.92 Å². The van der Waals surface area contributed by atoms with Crippen LogP contribution in [0.1, 0.15) is 5.82 Å².